The Morgan fingerprint density at radius 1 is 1.10 bits per heavy atom. The van der Waals surface area contributed by atoms with Crippen LogP contribution in [0.1, 0.15) is 5.56 Å². The van der Waals surface area contributed by atoms with Crippen LogP contribution in [0.3, 0.4) is 0 Å². The Kier molecular flexibility index (Phi) is 3.26. The lowest BCUT2D eigenvalue weighted by Crippen LogP contribution is -2.01. The molecule has 0 aliphatic carbocycles. The van der Waals surface area contributed by atoms with Gasteiger partial charge in [-0.3, -0.25) is 0 Å². The molecule has 0 radical (unpaired) electrons. The SMILES string of the molecule is NCc1ccc(-c2cnnn2-c2ccccc2)c(F)c1. The van der Waals surface area contributed by atoms with E-state index < -0.39 is 0 Å². The summed E-state index contributed by atoms with van der Waals surface area (Å²) in [4.78, 5) is 0. The molecule has 2 aromatic carbocycles. The molecule has 0 fully saturated rings. The minimum Gasteiger partial charge on any atom is -0.326 e. The number of nitrogens with two attached hydrogens (primary N) is 1. The molecular weight excluding hydrogens is 255 g/mol. The van der Waals surface area contributed by atoms with Crippen molar-refractivity contribution in [2.45, 2.75) is 6.54 Å². The van der Waals surface area contributed by atoms with Crippen molar-refractivity contribution in [1.82, 2.24) is 15.0 Å². The third-order valence-corrected chi connectivity index (χ3v) is 3.10. The first-order valence-corrected chi connectivity index (χ1v) is 6.24. The number of hydrogen-bond acceptors (Lipinski definition) is 3. The van der Waals surface area contributed by atoms with Crippen LogP contribution in [0.5, 0.6) is 0 Å². The lowest BCUT2D eigenvalue weighted by atomic mass is 10.1. The molecule has 0 saturated carbocycles. The van der Waals surface area contributed by atoms with Gasteiger partial charge in [-0.15, -0.1) is 5.10 Å². The molecule has 0 atom stereocenters. The van der Waals surface area contributed by atoms with Crippen LogP contribution in [0.4, 0.5) is 4.39 Å². The highest BCUT2D eigenvalue weighted by molar-refractivity contribution is 5.62. The summed E-state index contributed by atoms with van der Waals surface area (Å²) in [6.07, 6.45) is 1.55. The Balaban J connectivity index is 2.11. The van der Waals surface area contributed by atoms with Gasteiger partial charge in [0.25, 0.3) is 0 Å². The van der Waals surface area contributed by atoms with Crippen LogP contribution in [0.2, 0.25) is 0 Å². The number of nitrogens with zero attached hydrogens (tertiary/aromatic N) is 3. The van der Waals surface area contributed by atoms with Crippen LogP contribution in [0.25, 0.3) is 16.9 Å². The normalized spacial score (nSPS) is 10.7. The highest BCUT2D eigenvalue weighted by Gasteiger charge is 2.13. The van der Waals surface area contributed by atoms with E-state index in [1.54, 1.807) is 23.0 Å². The van der Waals surface area contributed by atoms with E-state index in [2.05, 4.69) is 10.3 Å². The number of hydrogen-bond donors (Lipinski definition) is 1. The lowest BCUT2D eigenvalue weighted by molar-refractivity contribution is 0.627. The van der Waals surface area contributed by atoms with Crippen molar-refractivity contribution in [1.29, 1.82) is 0 Å². The van der Waals surface area contributed by atoms with Gasteiger partial charge in [0.2, 0.25) is 0 Å². The fraction of sp³-hybridized carbons (Fsp3) is 0.0667. The van der Waals surface area contributed by atoms with E-state index in [0.29, 0.717) is 17.8 Å². The Morgan fingerprint density at radius 3 is 2.60 bits per heavy atom. The zero-order valence-corrected chi connectivity index (χ0v) is 10.7. The summed E-state index contributed by atoms with van der Waals surface area (Å²) < 4.78 is 15.8. The van der Waals surface area contributed by atoms with Crippen molar-refractivity contribution in [3.63, 3.8) is 0 Å². The van der Waals surface area contributed by atoms with Crippen LogP contribution < -0.4 is 5.73 Å². The first-order valence-electron chi connectivity index (χ1n) is 6.24. The molecule has 1 aromatic heterocycles. The molecule has 3 aromatic rings. The molecule has 1 heterocycles. The van der Waals surface area contributed by atoms with Gasteiger partial charge in [-0.05, 0) is 29.8 Å². The van der Waals surface area contributed by atoms with Crippen molar-refractivity contribution in [3.8, 4) is 16.9 Å². The number of para-hydroxylation sites is 1. The van der Waals surface area contributed by atoms with E-state index in [4.69, 9.17) is 5.73 Å². The zero-order chi connectivity index (χ0) is 13.9. The zero-order valence-electron chi connectivity index (χ0n) is 10.7. The predicted molar refractivity (Wildman–Crippen MR) is 74.6 cm³/mol. The highest BCUT2D eigenvalue weighted by atomic mass is 19.1. The minimum absolute atomic E-state index is 0.313. The number of rotatable bonds is 3. The molecule has 20 heavy (non-hydrogen) atoms. The number of benzene rings is 2. The Hall–Kier alpha value is -2.53. The summed E-state index contributed by atoms with van der Waals surface area (Å²) in [5.41, 5.74) is 8.17. The van der Waals surface area contributed by atoms with Crippen LogP contribution in [-0.2, 0) is 6.54 Å². The minimum atomic E-state index is -0.326. The summed E-state index contributed by atoms with van der Waals surface area (Å²) in [6.45, 7) is 0.313. The molecule has 3 rings (SSSR count). The van der Waals surface area contributed by atoms with Gasteiger partial charge >= 0.3 is 0 Å². The molecule has 0 spiro atoms. The maximum atomic E-state index is 14.2. The second kappa shape index (κ2) is 5.22. The molecule has 0 bridgehead atoms. The lowest BCUT2D eigenvalue weighted by Gasteiger charge is -2.08. The molecule has 5 heteroatoms. The Morgan fingerprint density at radius 2 is 1.90 bits per heavy atom. The molecular formula is C15H13FN4. The maximum Gasteiger partial charge on any atom is 0.132 e. The summed E-state index contributed by atoms with van der Waals surface area (Å²) in [5, 5.41) is 7.90. The third-order valence-electron chi connectivity index (χ3n) is 3.10. The molecule has 0 aliphatic heterocycles. The second-order valence-corrected chi connectivity index (χ2v) is 4.38. The van der Waals surface area contributed by atoms with Gasteiger partial charge in [0.1, 0.15) is 5.82 Å². The molecule has 4 nitrogen and oxygen atoms in total. The fourth-order valence-electron chi connectivity index (χ4n) is 2.07. The van der Waals surface area contributed by atoms with E-state index in [-0.39, 0.29) is 5.82 Å². The Labute approximate surface area is 115 Å². The average Bonchev–Trinajstić information content (AvgIpc) is 2.97. The predicted octanol–water partition coefficient (Wildman–Crippen LogP) is 2.53. The van der Waals surface area contributed by atoms with E-state index >= 15 is 0 Å². The average molecular weight is 268 g/mol. The topological polar surface area (TPSA) is 56.7 Å². The molecule has 0 aliphatic rings. The van der Waals surface area contributed by atoms with E-state index in [9.17, 15) is 4.39 Å². The smallest absolute Gasteiger partial charge is 0.132 e. The fourth-order valence-corrected chi connectivity index (χ4v) is 2.07. The van der Waals surface area contributed by atoms with Crippen molar-refractivity contribution < 1.29 is 4.39 Å². The summed E-state index contributed by atoms with van der Waals surface area (Å²) in [5.74, 6) is -0.326. The number of halogens is 1. The molecule has 2 N–H and O–H groups in total. The van der Waals surface area contributed by atoms with Gasteiger partial charge in [-0.1, -0.05) is 29.5 Å². The summed E-state index contributed by atoms with van der Waals surface area (Å²) in [6, 6.07) is 14.4. The van der Waals surface area contributed by atoms with Crippen molar-refractivity contribution in [3.05, 3.63) is 66.1 Å². The van der Waals surface area contributed by atoms with Gasteiger partial charge in [-0.2, -0.15) is 0 Å². The van der Waals surface area contributed by atoms with E-state index in [0.717, 1.165) is 11.3 Å². The first kappa shape index (κ1) is 12.5. The first-order chi connectivity index (χ1) is 9.79. The monoisotopic (exact) mass is 268 g/mol. The molecule has 0 amide bonds. The molecule has 0 saturated heterocycles. The van der Waals surface area contributed by atoms with Crippen LogP contribution in [0.15, 0.2) is 54.7 Å². The largest absolute Gasteiger partial charge is 0.326 e. The van der Waals surface area contributed by atoms with Gasteiger partial charge in [0.15, 0.2) is 0 Å². The molecule has 100 valence electrons. The van der Waals surface area contributed by atoms with Crippen molar-refractivity contribution in [2.75, 3.05) is 0 Å². The van der Waals surface area contributed by atoms with E-state index in [1.807, 2.05) is 30.3 Å². The summed E-state index contributed by atoms with van der Waals surface area (Å²) in [7, 11) is 0. The highest BCUT2D eigenvalue weighted by Crippen LogP contribution is 2.24. The third kappa shape index (κ3) is 2.19. The van der Waals surface area contributed by atoms with Crippen LogP contribution >= 0.6 is 0 Å². The summed E-state index contributed by atoms with van der Waals surface area (Å²) >= 11 is 0. The van der Waals surface area contributed by atoms with Crippen molar-refractivity contribution in [2.24, 2.45) is 5.73 Å². The van der Waals surface area contributed by atoms with Crippen molar-refractivity contribution >= 4 is 0 Å². The van der Waals surface area contributed by atoms with E-state index in [1.165, 1.54) is 6.07 Å². The van der Waals surface area contributed by atoms with Crippen LogP contribution in [-0.4, -0.2) is 15.0 Å². The van der Waals surface area contributed by atoms with Gasteiger partial charge in [0, 0.05) is 12.1 Å². The van der Waals surface area contributed by atoms with Gasteiger partial charge < -0.3 is 5.73 Å². The quantitative estimate of drug-likeness (QED) is 0.794. The maximum absolute atomic E-state index is 14.2. The second-order valence-electron chi connectivity index (χ2n) is 4.38. The van der Waals surface area contributed by atoms with Gasteiger partial charge in [-0.25, -0.2) is 9.07 Å². The Bertz CT molecular complexity index is 722. The standard InChI is InChI=1S/C15H13FN4/c16-14-8-11(9-17)6-7-13(14)15-10-18-19-20(15)12-4-2-1-3-5-12/h1-8,10H,9,17H2. The van der Waals surface area contributed by atoms with Gasteiger partial charge in [0.05, 0.1) is 17.6 Å². The molecule has 0 unspecified atom stereocenters. The number of aromatic nitrogens is 3. The van der Waals surface area contributed by atoms with Crippen LogP contribution in [0, 0.1) is 5.82 Å².